The first kappa shape index (κ1) is 28.9. The number of aromatic nitrogens is 2. The highest BCUT2D eigenvalue weighted by Crippen LogP contribution is 2.35. The van der Waals surface area contributed by atoms with E-state index in [0.717, 1.165) is 25.3 Å². The third-order valence-electron chi connectivity index (χ3n) is 5.71. The van der Waals surface area contributed by atoms with Crippen LogP contribution in [0.2, 0.25) is 0 Å². The Kier molecular flexibility index (Phi) is 9.34. The van der Waals surface area contributed by atoms with Gasteiger partial charge in [0, 0.05) is 29.6 Å². The Morgan fingerprint density at radius 3 is 2.37 bits per heavy atom. The van der Waals surface area contributed by atoms with Gasteiger partial charge in [0.05, 0.1) is 24.6 Å². The van der Waals surface area contributed by atoms with Crippen LogP contribution in [0.1, 0.15) is 29.8 Å². The monoisotopic (exact) mass is 539 g/mol. The summed E-state index contributed by atoms with van der Waals surface area (Å²) in [5.41, 5.74) is 5.71. The number of hydrogen-bond donors (Lipinski definition) is 4. The molecule has 0 aliphatic carbocycles. The van der Waals surface area contributed by atoms with Gasteiger partial charge in [0.15, 0.2) is 0 Å². The summed E-state index contributed by atoms with van der Waals surface area (Å²) in [5.74, 6) is -0.989. The van der Waals surface area contributed by atoms with Crippen molar-refractivity contribution in [1.29, 1.82) is 0 Å². The fourth-order valence-corrected chi connectivity index (χ4v) is 3.61. The van der Waals surface area contributed by atoms with Crippen molar-refractivity contribution in [3.63, 3.8) is 0 Å². The molecule has 5 N–H and O–H groups in total. The minimum atomic E-state index is -4.55. The number of rotatable bonds is 10. The first-order chi connectivity index (χ1) is 17.9. The zero-order valence-corrected chi connectivity index (χ0v) is 20.4. The Balaban J connectivity index is 1.97. The van der Waals surface area contributed by atoms with Gasteiger partial charge in [-0.1, -0.05) is 24.3 Å². The zero-order valence-electron chi connectivity index (χ0n) is 20.4. The molecule has 3 rings (SSSR count). The first-order valence-corrected chi connectivity index (χ1v) is 11.6. The number of allylic oxidation sites excluding steroid dienone is 3. The van der Waals surface area contributed by atoms with Crippen LogP contribution >= 0.6 is 0 Å². The van der Waals surface area contributed by atoms with Crippen molar-refractivity contribution in [2.24, 2.45) is 5.73 Å². The third kappa shape index (κ3) is 7.68. The Labute approximate surface area is 215 Å². The molecule has 0 aliphatic heterocycles. The Hall–Kier alpha value is -3.64. The van der Waals surface area contributed by atoms with E-state index < -0.39 is 30.3 Å². The molecular weight excluding hydrogens is 512 g/mol. The van der Waals surface area contributed by atoms with E-state index in [9.17, 15) is 26.3 Å². The predicted molar refractivity (Wildman–Crippen MR) is 134 cm³/mol. The maximum atomic E-state index is 13.5. The largest absolute Gasteiger partial charge is 0.413 e. The molecule has 3 aromatic rings. The number of aliphatic hydroxyl groups excluding tert-OH is 1. The van der Waals surface area contributed by atoms with Crippen LogP contribution < -0.4 is 16.4 Å². The molecule has 0 aliphatic rings. The van der Waals surface area contributed by atoms with Crippen LogP contribution in [0.5, 0.6) is 0 Å². The molecule has 0 amide bonds. The summed E-state index contributed by atoms with van der Waals surface area (Å²) in [4.78, 5) is 8.93. The van der Waals surface area contributed by atoms with E-state index in [-0.39, 0.29) is 25.3 Å². The standard InChI is InChI=1S/C26H27F6N5O/c1-16(25(27,28)29)18-5-7-20(8-6-18)35-24-21-9-4-17(13-19(3-2-10-33)26(30,31)32)14-22(21)36-23(37-24)15-34-11-12-38/h2-10,14,16,34,38H,11-13,15,33H2,1H3,(H,35,36,37)/b10-2-,19-3+. The second-order valence-corrected chi connectivity index (χ2v) is 8.50. The molecule has 6 nitrogen and oxygen atoms in total. The molecule has 0 saturated carbocycles. The number of hydrogen-bond acceptors (Lipinski definition) is 6. The predicted octanol–water partition coefficient (Wildman–Crippen LogP) is 5.62. The van der Waals surface area contributed by atoms with Crippen LogP contribution in [-0.4, -0.2) is 40.6 Å². The van der Waals surface area contributed by atoms with Gasteiger partial charge in [0.1, 0.15) is 11.6 Å². The fraction of sp³-hybridized carbons (Fsp3) is 0.308. The normalized spacial score (nSPS) is 13.8. The van der Waals surface area contributed by atoms with Crippen LogP contribution in [0.4, 0.5) is 37.8 Å². The number of nitrogens with two attached hydrogens (primary N) is 1. The van der Waals surface area contributed by atoms with Crippen molar-refractivity contribution in [2.75, 3.05) is 18.5 Å². The average molecular weight is 540 g/mol. The molecule has 12 heteroatoms. The molecule has 0 saturated heterocycles. The number of aliphatic hydroxyl groups is 1. The van der Waals surface area contributed by atoms with Crippen molar-refractivity contribution >= 4 is 22.4 Å². The molecule has 1 atom stereocenters. The molecule has 1 unspecified atom stereocenters. The SMILES string of the molecule is CC(c1ccc(Nc2nc(CNCCO)nc3cc(C/C(=C\C=C/N)C(F)(F)F)ccc23)cc1)C(F)(F)F. The minimum absolute atomic E-state index is 0.104. The molecule has 204 valence electrons. The Morgan fingerprint density at radius 2 is 1.76 bits per heavy atom. The van der Waals surface area contributed by atoms with Gasteiger partial charge < -0.3 is 21.5 Å². The van der Waals surface area contributed by atoms with Crippen molar-refractivity contribution in [1.82, 2.24) is 15.3 Å². The average Bonchev–Trinajstić information content (AvgIpc) is 2.85. The van der Waals surface area contributed by atoms with Gasteiger partial charge >= 0.3 is 12.4 Å². The molecule has 1 heterocycles. The van der Waals surface area contributed by atoms with E-state index in [2.05, 4.69) is 20.6 Å². The molecule has 2 aromatic carbocycles. The molecule has 38 heavy (non-hydrogen) atoms. The molecule has 0 radical (unpaired) electrons. The van der Waals surface area contributed by atoms with E-state index in [1.54, 1.807) is 6.07 Å². The van der Waals surface area contributed by atoms with Crippen molar-refractivity contribution in [3.8, 4) is 0 Å². The van der Waals surface area contributed by atoms with Gasteiger partial charge in [-0.3, -0.25) is 0 Å². The van der Waals surface area contributed by atoms with Crippen LogP contribution in [0, 0.1) is 0 Å². The van der Waals surface area contributed by atoms with E-state index in [0.29, 0.717) is 33.8 Å². The molecule has 0 spiro atoms. The highest BCUT2D eigenvalue weighted by molar-refractivity contribution is 5.91. The lowest BCUT2D eigenvalue weighted by Crippen LogP contribution is -2.19. The summed E-state index contributed by atoms with van der Waals surface area (Å²) in [7, 11) is 0. The number of nitrogens with one attached hydrogen (secondary N) is 2. The molecule has 0 fully saturated rings. The van der Waals surface area contributed by atoms with Crippen molar-refractivity contribution in [3.05, 3.63) is 83.3 Å². The van der Waals surface area contributed by atoms with E-state index in [1.807, 2.05) is 0 Å². The van der Waals surface area contributed by atoms with E-state index in [1.165, 1.54) is 36.4 Å². The topological polar surface area (TPSA) is 96.1 Å². The van der Waals surface area contributed by atoms with Gasteiger partial charge in [0.25, 0.3) is 0 Å². The lowest BCUT2D eigenvalue weighted by molar-refractivity contribution is -0.146. The number of benzene rings is 2. The summed E-state index contributed by atoms with van der Waals surface area (Å²) in [6, 6.07) is 10.4. The Morgan fingerprint density at radius 1 is 1.05 bits per heavy atom. The minimum Gasteiger partial charge on any atom is -0.405 e. The van der Waals surface area contributed by atoms with Crippen molar-refractivity contribution in [2.45, 2.75) is 38.2 Å². The summed E-state index contributed by atoms with van der Waals surface area (Å²) in [5, 5.41) is 15.6. The zero-order chi connectivity index (χ0) is 27.9. The smallest absolute Gasteiger partial charge is 0.405 e. The molecular formula is C26H27F6N5O. The third-order valence-corrected chi connectivity index (χ3v) is 5.71. The summed E-state index contributed by atoms with van der Waals surface area (Å²) < 4.78 is 79.5. The molecule has 0 bridgehead atoms. The second kappa shape index (κ2) is 12.3. The van der Waals surface area contributed by atoms with Gasteiger partial charge in [-0.05, 0) is 54.6 Å². The highest BCUT2D eigenvalue weighted by Gasteiger charge is 2.37. The number of halogens is 6. The highest BCUT2D eigenvalue weighted by atomic mass is 19.4. The lowest BCUT2D eigenvalue weighted by Gasteiger charge is -2.17. The van der Waals surface area contributed by atoms with E-state index >= 15 is 0 Å². The number of alkyl halides is 6. The fourth-order valence-electron chi connectivity index (χ4n) is 3.61. The van der Waals surface area contributed by atoms with Crippen LogP contribution in [0.25, 0.3) is 10.9 Å². The van der Waals surface area contributed by atoms with Gasteiger partial charge in [-0.2, -0.15) is 26.3 Å². The van der Waals surface area contributed by atoms with Gasteiger partial charge in [0.2, 0.25) is 0 Å². The second-order valence-electron chi connectivity index (χ2n) is 8.50. The van der Waals surface area contributed by atoms with Crippen LogP contribution in [-0.2, 0) is 13.0 Å². The van der Waals surface area contributed by atoms with Crippen LogP contribution in [0.3, 0.4) is 0 Å². The van der Waals surface area contributed by atoms with E-state index in [4.69, 9.17) is 10.8 Å². The summed E-state index contributed by atoms with van der Waals surface area (Å²) >= 11 is 0. The molecule has 1 aromatic heterocycles. The first-order valence-electron chi connectivity index (χ1n) is 11.6. The Bertz CT molecular complexity index is 1290. The van der Waals surface area contributed by atoms with Crippen molar-refractivity contribution < 1.29 is 31.4 Å². The lowest BCUT2D eigenvalue weighted by atomic mass is 10.0. The summed E-state index contributed by atoms with van der Waals surface area (Å²) in [6.45, 7) is 1.41. The maximum absolute atomic E-state index is 13.5. The van der Waals surface area contributed by atoms with Gasteiger partial charge in [-0.15, -0.1) is 0 Å². The number of nitrogens with zero attached hydrogens (tertiary/aromatic N) is 2. The quantitative estimate of drug-likeness (QED) is 0.152. The van der Waals surface area contributed by atoms with Crippen LogP contribution in [0.15, 0.2) is 66.4 Å². The number of fused-ring (bicyclic) bond motifs is 1. The van der Waals surface area contributed by atoms with Gasteiger partial charge in [-0.25, -0.2) is 9.97 Å². The maximum Gasteiger partial charge on any atom is 0.413 e. The summed E-state index contributed by atoms with van der Waals surface area (Å²) in [6.07, 6.45) is -6.30. The number of anilines is 2.